The molecule has 0 bridgehead atoms. The lowest BCUT2D eigenvalue weighted by Crippen LogP contribution is -2.15. The number of unbranched alkanes of at least 4 members (excludes halogenated alkanes) is 1. The minimum Gasteiger partial charge on any atom is -0.494 e. The summed E-state index contributed by atoms with van der Waals surface area (Å²) in [6.07, 6.45) is 1.94. The van der Waals surface area contributed by atoms with Crippen molar-refractivity contribution in [1.82, 2.24) is 10.5 Å². The van der Waals surface area contributed by atoms with Crippen LogP contribution < -0.4 is 10.1 Å². The van der Waals surface area contributed by atoms with Crippen molar-refractivity contribution in [2.75, 3.05) is 13.2 Å². The van der Waals surface area contributed by atoms with Crippen LogP contribution in [0.4, 0.5) is 4.39 Å². The molecule has 4 nitrogen and oxygen atoms in total. The van der Waals surface area contributed by atoms with Gasteiger partial charge in [0.25, 0.3) is 0 Å². The third kappa shape index (κ3) is 5.56. The second kappa shape index (κ2) is 10.1. The fourth-order valence-corrected chi connectivity index (χ4v) is 3.57. The van der Waals surface area contributed by atoms with E-state index in [-0.39, 0.29) is 5.82 Å². The van der Waals surface area contributed by atoms with E-state index in [1.807, 2.05) is 42.5 Å². The summed E-state index contributed by atoms with van der Waals surface area (Å²) in [6, 6.07) is 17.7. The van der Waals surface area contributed by atoms with Crippen LogP contribution in [-0.2, 0) is 6.54 Å². The molecule has 0 fully saturated rings. The molecular formula is C24H21Cl2FN2O2. The van der Waals surface area contributed by atoms with Crippen molar-refractivity contribution in [1.29, 1.82) is 0 Å². The van der Waals surface area contributed by atoms with Gasteiger partial charge in [0.05, 0.1) is 16.7 Å². The van der Waals surface area contributed by atoms with Crippen molar-refractivity contribution in [3.8, 4) is 17.0 Å². The normalized spacial score (nSPS) is 11.2. The number of fused-ring (bicyclic) bond motifs is 1. The van der Waals surface area contributed by atoms with Crippen molar-refractivity contribution in [2.45, 2.75) is 19.4 Å². The van der Waals surface area contributed by atoms with Gasteiger partial charge in [0.1, 0.15) is 17.3 Å². The van der Waals surface area contributed by atoms with Crippen LogP contribution in [0.25, 0.3) is 22.2 Å². The first-order chi connectivity index (χ1) is 15.1. The Morgan fingerprint density at radius 1 is 0.935 bits per heavy atom. The maximum atomic E-state index is 13.3. The van der Waals surface area contributed by atoms with E-state index < -0.39 is 0 Å². The molecule has 4 aromatic rings. The van der Waals surface area contributed by atoms with Crippen LogP contribution in [0, 0.1) is 5.82 Å². The van der Waals surface area contributed by atoms with E-state index in [0.717, 1.165) is 48.2 Å². The van der Waals surface area contributed by atoms with Crippen LogP contribution >= 0.6 is 23.2 Å². The Labute approximate surface area is 189 Å². The van der Waals surface area contributed by atoms with Gasteiger partial charge < -0.3 is 14.6 Å². The first-order valence-corrected chi connectivity index (χ1v) is 10.8. The number of aromatic nitrogens is 1. The summed E-state index contributed by atoms with van der Waals surface area (Å²) in [5.74, 6) is 0.454. The van der Waals surface area contributed by atoms with Crippen molar-refractivity contribution >= 4 is 34.2 Å². The van der Waals surface area contributed by atoms with Gasteiger partial charge in [-0.25, -0.2) is 4.39 Å². The molecule has 0 unspecified atom stereocenters. The highest BCUT2D eigenvalue weighted by atomic mass is 35.5. The summed E-state index contributed by atoms with van der Waals surface area (Å²) in [6.45, 7) is 2.28. The zero-order valence-corrected chi connectivity index (χ0v) is 18.2. The molecule has 0 spiro atoms. The summed E-state index contributed by atoms with van der Waals surface area (Å²) >= 11 is 12.0. The van der Waals surface area contributed by atoms with Gasteiger partial charge in [-0.3, -0.25) is 0 Å². The fraction of sp³-hybridized carbons (Fsp3) is 0.208. The molecule has 31 heavy (non-hydrogen) atoms. The molecule has 1 aromatic heterocycles. The maximum absolute atomic E-state index is 13.3. The van der Waals surface area contributed by atoms with Gasteiger partial charge in [-0.05, 0) is 73.5 Å². The summed E-state index contributed by atoms with van der Waals surface area (Å²) in [5, 5.41) is 9.39. The second-order valence-corrected chi connectivity index (χ2v) is 7.99. The average molecular weight is 459 g/mol. The summed E-state index contributed by atoms with van der Waals surface area (Å²) in [4.78, 5) is 0. The van der Waals surface area contributed by atoms with Crippen molar-refractivity contribution in [3.63, 3.8) is 0 Å². The predicted octanol–water partition coefficient (Wildman–Crippen LogP) is 6.89. The number of ether oxygens (including phenoxy) is 1. The third-order valence-electron chi connectivity index (χ3n) is 4.89. The molecule has 1 heterocycles. The Hall–Kier alpha value is -2.60. The van der Waals surface area contributed by atoms with Crippen molar-refractivity contribution in [2.24, 2.45) is 0 Å². The first kappa shape index (κ1) is 21.6. The lowest BCUT2D eigenvalue weighted by atomic mass is 10.1. The average Bonchev–Trinajstić information content (AvgIpc) is 3.19. The van der Waals surface area contributed by atoms with E-state index in [0.29, 0.717) is 27.9 Å². The van der Waals surface area contributed by atoms with Crippen LogP contribution in [-0.4, -0.2) is 18.3 Å². The van der Waals surface area contributed by atoms with Gasteiger partial charge in [-0.2, -0.15) is 0 Å². The minimum absolute atomic E-state index is 0.344. The van der Waals surface area contributed by atoms with E-state index in [4.69, 9.17) is 32.5 Å². The quantitative estimate of drug-likeness (QED) is 0.277. The molecule has 0 saturated heterocycles. The molecular weight excluding hydrogens is 438 g/mol. The Morgan fingerprint density at radius 2 is 1.77 bits per heavy atom. The molecule has 0 radical (unpaired) electrons. The smallest absolute Gasteiger partial charge is 0.170 e. The van der Waals surface area contributed by atoms with E-state index in [2.05, 4.69) is 10.5 Å². The van der Waals surface area contributed by atoms with Crippen molar-refractivity contribution < 1.29 is 13.7 Å². The van der Waals surface area contributed by atoms with Gasteiger partial charge in [0.2, 0.25) is 0 Å². The lowest BCUT2D eigenvalue weighted by Gasteiger charge is -2.08. The Kier molecular flexibility index (Phi) is 7.07. The van der Waals surface area contributed by atoms with E-state index in [9.17, 15) is 4.39 Å². The van der Waals surface area contributed by atoms with Crippen LogP contribution in [0.5, 0.6) is 5.75 Å². The predicted molar refractivity (Wildman–Crippen MR) is 122 cm³/mol. The molecule has 0 amide bonds. The highest BCUT2D eigenvalue weighted by Crippen LogP contribution is 2.29. The SMILES string of the molecule is Fc1ccc2c(-c3ccc(OCCCCNCc4ccc(Cl)c(Cl)c4)cc3)noc2c1. The molecule has 1 N–H and O–H groups in total. The molecule has 7 heteroatoms. The summed E-state index contributed by atoms with van der Waals surface area (Å²) in [7, 11) is 0. The van der Waals surface area contributed by atoms with Gasteiger partial charge in [0, 0.05) is 23.6 Å². The molecule has 0 aliphatic rings. The van der Waals surface area contributed by atoms with Crippen LogP contribution in [0.15, 0.2) is 65.2 Å². The standard InChI is InChI=1S/C24H21Cl2FN2O2/c25-21-10-3-16(13-22(21)26)15-28-11-1-2-12-30-19-7-4-17(5-8-19)24-20-9-6-18(27)14-23(20)31-29-24/h3-10,13-14,28H,1-2,11-12,15H2. The number of halogens is 3. The van der Waals surface area contributed by atoms with Gasteiger partial charge in [0.15, 0.2) is 5.58 Å². The maximum Gasteiger partial charge on any atom is 0.170 e. The van der Waals surface area contributed by atoms with Gasteiger partial charge in [-0.1, -0.05) is 34.4 Å². The van der Waals surface area contributed by atoms with Gasteiger partial charge in [-0.15, -0.1) is 0 Å². The molecule has 3 aromatic carbocycles. The highest BCUT2D eigenvalue weighted by molar-refractivity contribution is 6.42. The fourth-order valence-electron chi connectivity index (χ4n) is 3.25. The number of rotatable bonds is 9. The highest BCUT2D eigenvalue weighted by Gasteiger charge is 2.11. The number of hydrogen-bond donors (Lipinski definition) is 1. The van der Waals surface area contributed by atoms with Crippen LogP contribution in [0.1, 0.15) is 18.4 Å². The van der Waals surface area contributed by atoms with E-state index in [1.54, 1.807) is 6.07 Å². The zero-order chi connectivity index (χ0) is 21.6. The minimum atomic E-state index is -0.344. The van der Waals surface area contributed by atoms with E-state index in [1.165, 1.54) is 12.1 Å². The number of hydrogen-bond acceptors (Lipinski definition) is 4. The monoisotopic (exact) mass is 458 g/mol. The summed E-state index contributed by atoms with van der Waals surface area (Å²) in [5.41, 5.74) is 3.12. The largest absolute Gasteiger partial charge is 0.494 e. The lowest BCUT2D eigenvalue weighted by molar-refractivity contribution is 0.306. The third-order valence-corrected chi connectivity index (χ3v) is 5.63. The van der Waals surface area contributed by atoms with Crippen molar-refractivity contribution in [3.05, 3.63) is 82.1 Å². The van der Waals surface area contributed by atoms with Crippen LogP contribution in [0.3, 0.4) is 0 Å². The second-order valence-electron chi connectivity index (χ2n) is 7.18. The topological polar surface area (TPSA) is 47.3 Å². The van der Waals surface area contributed by atoms with Gasteiger partial charge >= 0.3 is 0 Å². The molecule has 0 aliphatic carbocycles. The first-order valence-electron chi connectivity index (χ1n) is 10.0. The molecule has 0 aliphatic heterocycles. The molecule has 0 atom stereocenters. The number of nitrogens with one attached hydrogen (secondary N) is 1. The Morgan fingerprint density at radius 3 is 2.58 bits per heavy atom. The number of nitrogens with zero attached hydrogens (tertiary/aromatic N) is 1. The summed E-state index contributed by atoms with van der Waals surface area (Å²) < 4.78 is 24.4. The van der Waals surface area contributed by atoms with E-state index >= 15 is 0 Å². The molecule has 4 rings (SSSR count). The Balaban J connectivity index is 1.19. The molecule has 0 saturated carbocycles. The molecule has 160 valence electrons. The zero-order valence-electron chi connectivity index (χ0n) is 16.7. The Bertz CT molecular complexity index is 1160. The number of benzene rings is 3. The van der Waals surface area contributed by atoms with Crippen LogP contribution in [0.2, 0.25) is 10.0 Å².